The van der Waals surface area contributed by atoms with E-state index in [-0.39, 0.29) is 16.5 Å². The summed E-state index contributed by atoms with van der Waals surface area (Å²) >= 11 is 0. The van der Waals surface area contributed by atoms with Crippen LogP contribution >= 0.6 is 0 Å². The fourth-order valence-electron chi connectivity index (χ4n) is 1.38. The number of amides is 1. The van der Waals surface area contributed by atoms with Gasteiger partial charge in [-0.1, -0.05) is 13.8 Å². The van der Waals surface area contributed by atoms with Crippen LogP contribution in [0.1, 0.15) is 20.8 Å². The maximum absolute atomic E-state index is 13.3. The third kappa shape index (κ3) is 4.31. The fourth-order valence-corrected chi connectivity index (χ4v) is 2.49. The molecular formula is C13H19FN2O2S. The Morgan fingerprint density at radius 1 is 1.42 bits per heavy atom. The zero-order chi connectivity index (χ0) is 14.6. The second-order valence-electron chi connectivity index (χ2n) is 4.76. The Bertz CT molecular complexity index is 492. The quantitative estimate of drug-likeness (QED) is 0.809. The first-order valence-electron chi connectivity index (χ1n) is 6.06. The Balaban J connectivity index is 2.76. The lowest BCUT2D eigenvalue weighted by Crippen LogP contribution is -2.37. The lowest BCUT2D eigenvalue weighted by molar-refractivity contribution is -0.120. The monoisotopic (exact) mass is 286 g/mol. The van der Waals surface area contributed by atoms with Gasteiger partial charge in [-0.3, -0.25) is 9.00 Å². The van der Waals surface area contributed by atoms with Gasteiger partial charge in [-0.05, 0) is 31.0 Å². The SMILES string of the molecule is CC(C)CNC(=O)C(C)S(=O)c1ccc(N)c(F)c1. The minimum absolute atomic E-state index is 0.00216. The number of nitrogens with two attached hydrogens (primary N) is 1. The summed E-state index contributed by atoms with van der Waals surface area (Å²) in [5, 5.41) is 1.97. The van der Waals surface area contributed by atoms with Crippen LogP contribution in [0.5, 0.6) is 0 Å². The van der Waals surface area contributed by atoms with E-state index < -0.39 is 21.9 Å². The lowest BCUT2D eigenvalue weighted by atomic mass is 10.2. The molecule has 1 aromatic rings. The molecule has 3 N–H and O–H groups in total. The van der Waals surface area contributed by atoms with E-state index >= 15 is 0 Å². The Morgan fingerprint density at radius 2 is 2.05 bits per heavy atom. The predicted molar refractivity (Wildman–Crippen MR) is 74.5 cm³/mol. The Labute approximate surface area is 115 Å². The number of carbonyl (C=O) groups excluding carboxylic acids is 1. The van der Waals surface area contributed by atoms with Gasteiger partial charge in [-0.15, -0.1) is 0 Å². The molecule has 6 heteroatoms. The molecule has 0 heterocycles. The van der Waals surface area contributed by atoms with E-state index in [0.717, 1.165) is 6.07 Å². The van der Waals surface area contributed by atoms with Crippen molar-refractivity contribution in [3.63, 3.8) is 0 Å². The summed E-state index contributed by atoms with van der Waals surface area (Å²) in [6.45, 7) is 6.02. The summed E-state index contributed by atoms with van der Waals surface area (Å²) in [4.78, 5) is 12.1. The number of nitrogens with one attached hydrogen (secondary N) is 1. The molecular weight excluding hydrogens is 267 g/mol. The third-order valence-corrected chi connectivity index (χ3v) is 4.15. The largest absolute Gasteiger partial charge is 0.396 e. The van der Waals surface area contributed by atoms with Gasteiger partial charge in [0.05, 0.1) is 16.5 Å². The third-order valence-electron chi connectivity index (χ3n) is 2.58. The van der Waals surface area contributed by atoms with Gasteiger partial charge in [-0.25, -0.2) is 4.39 Å². The molecule has 0 aliphatic heterocycles. The number of halogens is 1. The van der Waals surface area contributed by atoms with E-state index in [4.69, 9.17) is 5.73 Å². The molecule has 1 aromatic carbocycles. The topological polar surface area (TPSA) is 72.2 Å². The summed E-state index contributed by atoms with van der Waals surface area (Å²) in [5.74, 6) is -0.608. The number of hydrogen-bond acceptors (Lipinski definition) is 3. The number of rotatable bonds is 5. The second kappa shape index (κ2) is 6.65. The van der Waals surface area contributed by atoms with Gasteiger partial charge in [0, 0.05) is 11.4 Å². The Hall–Kier alpha value is -1.43. The number of anilines is 1. The van der Waals surface area contributed by atoms with Crippen LogP contribution in [0.3, 0.4) is 0 Å². The van der Waals surface area contributed by atoms with Crippen molar-refractivity contribution in [3.05, 3.63) is 24.0 Å². The van der Waals surface area contributed by atoms with Crippen LogP contribution in [0.15, 0.2) is 23.1 Å². The zero-order valence-electron chi connectivity index (χ0n) is 11.3. The van der Waals surface area contributed by atoms with Crippen LogP contribution in [0.4, 0.5) is 10.1 Å². The summed E-state index contributed by atoms with van der Waals surface area (Å²) in [6.07, 6.45) is 0. The number of nitrogen functional groups attached to an aromatic ring is 1. The van der Waals surface area contributed by atoms with E-state index in [0.29, 0.717) is 12.5 Å². The molecule has 0 saturated carbocycles. The summed E-state index contributed by atoms with van der Waals surface area (Å²) in [7, 11) is -1.60. The van der Waals surface area contributed by atoms with Gasteiger partial charge in [0.1, 0.15) is 11.1 Å². The molecule has 2 unspecified atom stereocenters. The van der Waals surface area contributed by atoms with E-state index in [2.05, 4.69) is 5.32 Å². The molecule has 0 bridgehead atoms. The van der Waals surface area contributed by atoms with Crippen molar-refractivity contribution >= 4 is 22.4 Å². The molecule has 0 spiro atoms. The maximum atomic E-state index is 13.3. The molecule has 1 rings (SSSR count). The van der Waals surface area contributed by atoms with Gasteiger partial charge in [0.15, 0.2) is 0 Å². The number of benzene rings is 1. The molecule has 0 fully saturated rings. The zero-order valence-corrected chi connectivity index (χ0v) is 12.1. The van der Waals surface area contributed by atoms with Crippen molar-refractivity contribution in [2.45, 2.75) is 30.9 Å². The molecule has 0 radical (unpaired) electrons. The molecule has 106 valence electrons. The van der Waals surface area contributed by atoms with Crippen LogP contribution in [-0.4, -0.2) is 21.9 Å². The average molecular weight is 286 g/mol. The Morgan fingerprint density at radius 3 is 2.58 bits per heavy atom. The second-order valence-corrected chi connectivity index (χ2v) is 6.54. The first-order valence-corrected chi connectivity index (χ1v) is 7.27. The number of hydrogen-bond donors (Lipinski definition) is 2. The van der Waals surface area contributed by atoms with E-state index in [1.807, 2.05) is 13.8 Å². The smallest absolute Gasteiger partial charge is 0.235 e. The maximum Gasteiger partial charge on any atom is 0.235 e. The molecule has 19 heavy (non-hydrogen) atoms. The van der Waals surface area contributed by atoms with Crippen molar-refractivity contribution < 1.29 is 13.4 Å². The van der Waals surface area contributed by atoms with Crippen molar-refractivity contribution in [2.75, 3.05) is 12.3 Å². The van der Waals surface area contributed by atoms with Crippen LogP contribution in [0, 0.1) is 11.7 Å². The predicted octanol–water partition coefficient (Wildman–Crippen LogP) is 1.68. The first kappa shape index (κ1) is 15.6. The first-order chi connectivity index (χ1) is 8.82. The molecule has 0 aliphatic carbocycles. The minimum atomic E-state index is -1.60. The summed E-state index contributed by atoms with van der Waals surface area (Å²) < 4.78 is 25.4. The van der Waals surface area contributed by atoms with Crippen LogP contribution < -0.4 is 11.1 Å². The molecule has 4 nitrogen and oxygen atoms in total. The van der Waals surface area contributed by atoms with Crippen LogP contribution in [0.25, 0.3) is 0 Å². The van der Waals surface area contributed by atoms with E-state index in [9.17, 15) is 13.4 Å². The molecule has 0 aromatic heterocycles. The fraction of sp³-hybridized carbons (Fsp3) is 0.462. The number of carbonyl (C=O) groups is 1. The highest BCUT2D eigenvalue weighted by atomic mass is 32.2. The highest BCUT2D eigenvalue weighted by molar-refractivity contribution is 7.86. The molecule has 0 aliphatic rings. The van der Waals surface area contributed by atoms with E-state index in [1.54, 1.807) is 6.92 Å². The van der Waals surface area contributed by atoms with E-state index in [1.165, 1.54) is 12.1 Å². The molecule has 1 amide bonds. The highest BCUT2D eigenvalue weighted by Crippen LogP contribution is 2.17. The van der Waals surface area contributed by atoms with Crippen molar-refractivity contribution in [2.24, 2.45) is 5.92 Å². The van der Waals surface area contributed by atoms with Crippen molar-refractivity contribution in [1.29, 1.82) is 0 Å². The lowest BCUT2D eigenvalue weighted by Gasteiger charge is -2.13. The van der Waals surface area contributed by atoms with Gasteiger partial charge in [0.25, 0.3) is 0 Å². The van der Waals surface area contributed by atoms with Crippen LogP contribution in [-0.2, 0) is 15.6 Å². The van der Waals surface area contributed by atoms with Gasteiger partial charge in [-0.2, -0.15) is 0 Å². The van der Waals surface area contributed by atoms with Crippen molar-refractivity contribution in [1.82, 2.24) is 5.32 Å². The van der Waals surface area contributed by atoms with Gasteiger partial charge >= 0.3 is 0 Å². The minimum Gasteiger partial charge on any atom is -0.396 e. The van der Waals surface area contributed by atoms with Gasteiger partial charge in [0.2, 0.25) is 5.91 Å². The summed E-state index contributed by atoms with van der Waals surface area (Å²) in [6, 6.07) is 3.93. The normalized spacial score (nSPS) is 14.2. The van der Waals surface area contributed by atoms with Crippen molar-refractivity contribution in [3.8, 4) is 0 Å². The molecule has 2 atom stereocenters. The highest BCUT2D eigenvalue weighted by Gasteiger charge is 2.22. The molecule has 0 saturated heterocycles. The summed E-state index contributed by atoms with van der Waals surface area (Å²) in [5.41, 5.74) is 5.35. The Kier molecular flexibility index (Phi) is 5.47. The average Bonchev–Trinajstić information content (AvgIpc) is 2.37. The van der Waals surface area contributed by atoms with Gasteiger partial charge < -0.3 is 11.1 Å². The standard InChI is InChI=1S/C13H19FN2O2S/c1-8(2)7-16-13(17)9(3)19(18)10-4-5-12(15)11(14)6-10/h4-6,8-9H,7,15H2,1-3H3,(H,16,17). The van der Waals surface area contributed by atoms with Crippen LogP contribution in [0.2, 0.25) is 0 Å².